The molecule has 1 aliphatic heterocycles. The number of carbonyl (C=O) groups is 2. The van der Waals surface area contributed by atoms with Gasteiger partial charge in [0.25, 0.3) is 5.91 Å². The normalized spacial score (nSPS) is 15.3. The zero-order valence-corrected chi connectivity index (χ0v) is 16.3. The molecule has 0 aromatic carbocycles. The molecule has 10 heteroatoms. The number of esters is 1. The topological polar surface area (TPSA) is 93.6 Å². The van der Waals surface area contributed by atoms with Crippen LogP contribution in [0.15, 0.2) is 23.7 Å². The summed E-state index contributed by atoms with van der Waals surface area (Å²) in [4.78, 5) is 35.8. The molecule has 0 bridgehead atoms. The van der Waals surface area contributed by atoms with Gasteiger partial charge >= 0.3 is 5.97 Å². The molecule has 1 aliphatic rings. The second-order valence-corrected chi connectivity index (χ2v) is 7.17. The summed E-state index contributed by atoms with van der Waals surface area (Å²) in [7, 11) is 1.31. The molecule has 0 radical (unpaired) electrons. The van der Waals surface area contributed by atoms with Gasteiger partial charge in [-0.15, -0.1) is 11.3 Å². The molecule has 1 fully saturated rings. The quantitative estimate of drug-likeness (QED) is 0.728. The van der Waals surface area contributed by atoms with Crippen LogP contribution in [0.5, 0.6) is 0 Å². The van der Waals surface area contributed by atoms with Gasteiger partial charge in [0.2, 0.25) is 5.95 Å². The van der Waals surface area contributed by atoms with Gasteiger partial charge in [0.05, 0.1) is 44.0 Å². The molecule has 1 saturated heterocycles. The lowest BCUT2D eigenvalue weighted by Gasteiger charge is -2.27. The molecule has 0 aliphatic carbocycles. The van der Waals surface area contributed by atoms with Crippen LogP contribution in [0.1, 0.15) is 27.8 Å². The number of carbonyl (C=O) groups excluding carboxylic acids is 2. The van der Waals surface area contributed by atoms with E-state index in [0.717, 1.165) is 4.88 Å². The Labute approximate surface area is 165 Å². The van der Waals surface area contributed by atoms with Crippen molar-refractivity contribution in [3.63, 3.8) is 0 Å². The number of methoxy groups -OCH3 is 1. The molecule has 1 unspecified atom stereocenters. The fourth-order valence-corrected chi connectivity index (χ4v) is 3.58. The van der Waals surface area contributed by atoms with E-state index in [2.05, 4.69) is 15.3 Å². The Morgan fingerprint density at radius 2 is 2.22 bits per heavy atom. The number of nitrogens with zero attached hydrogens (tertiary/aromatic N) is 3. The molecule has 0 saturated carbocycles. The van der Waals surface area contributed by atoms with Crippen molar-refractivity contribution in [1.29, 1.82) is 0 Å². The maximum absolute atomic E-state index is 12.8. The third-order valence-corrected chi connectivity index (χ3v) is 5.29. The number of thiophene rings is 1. The summed E-state index contributed by atoms with van der Waals surface area (Å²) in [5.74, 6) is -0.468. The van der Waals surface area contributed by atoms with Gasteiger partial charge in [-0.25, -0.2) is 9.97 Å². The summed E-state index contributed by atoms with van der Waals surface area (Å²) in [5.41, 5.74) is 0.0691. The number of ether oxygens (including phenoxy) is 2. The van der Waals surface area contributed by atoms with Crippen molar-refractivity contribution in [2.45, 2.75) is 12.5 Å². The van der Waals surface area contributed by atoms with Crippen LogP contribution < -0.4 is 10.2 Å². The Hall–Kier alpha value is -2.23. The van der Waals surface area contributed by atoms with E-state index in [1.54, 1.807) is 0 Å². The number of nitrogens with one attached hydrogen (secondary N) is 1. The van der Waals surface area contributed by atoms with Crippen molar-refractivity contribution in [2.75, 3.05) is 38.3 Å². The Morgan fingerprint density at radius 1 is 1.44 bits per heavy atom. The number of hydrogen-bond donors (Lipinski definition) is 1. The van der Waals surface area contributed by atoms with Crippen molar-refractivity contribution in [1.82, 2.24) is 15.3 Å². The van der Waals surface area contributed by atoms with Crippen LogP contribution in [-0.2, 0) is 14.3 Å². The molecule has 1 N–H and O–H groups in total. The van der Waals surface area contributed by atoms with Gasteiger partial charge in [0.1, 0.15) is 0 Å². The zero-order chi connectivity index (χ0) is 19.2. The van der Waals surface area contributed by atoms with Gasteiger partial charge < -0.3 is 19.7 Å². The number of aromatic nitrogens is 2. The average molecular weight is 411 g/mol. The van der Waals surface area contributed by atoms with Crippen LogP contribution >= 0.6 is 22.9 Å². The summed E-state index contributed by atoms with van der Waals surface area (Å²) in [6, 6.07) is 3.17. The number of morpholine rings is 1. The smallest absolute Gasteiger partial charge is 0.307 e. The standard InChI is InChI=1S/C17H19ClN4O4S/c1-25-14(23)9-12(13-3-2-8-27-13)20-16(24)15-11(18)10-19-17(21-15)22-4-6-26-7-5-22/h2-3,8,10,12H,4-7,9H2,1H3,(H,20,24). The maximum Gasteiger partial charge on any atom is 0.307 e. The van der Waals surface area contributed by atoms with Crippen molar-refractivity contribution in [3.05, 3.63) is 39.3 Å². The lowest BCUT2D eigenvalue weighted by Crippen LogP contribution is -2.38. The summed E-state index contributed by atoms with van der Waals surface area (Å²) in [5, 5.41) is 4.85. The highest BCUT2D eigenvalue weighted by Crippen LogP contribution is 2.24. The number of halogens is 1. The van der Waals surface area contributed by atoms with E-state index in [-0.39, 0.29) is 17.1 Å². The highest BCUT2D eigenvalue weighted by Gasteiger charge is 2.24. The summed E-state index contributed by atoms with van der Waals surface area (Å²) >= 11 is 7.59. The number of anilines is 1. The first-order valence-electron chi connectivity index (χ1n) is 8.35. The number of hydrogen-bond acceptors (Lipinski definition) is 8. The van der Waals surface area contributed by atoms with E-state index in [0.29, 0.717) is 32.3 Å². The molecule has 2 aromatic rings. The van der Waals surface area contributed by atoms with E-state index in [4.69, 9.17) is 21.1 Å². The van der Waals surface area contributed by atoms with Gasteiger partial charge in [-0.1, -0.05) is 17.7 Å². The number of amides is 1. The van der Waals surface area contributed by atoms with Crippen molar-refractivity contribution >= 4 is 40.8 Å². The molecule has 3 rings (SSSR count). The van der Waals surface area contributed by atoms with Gasteiger partial charge in [-0.3, -0.25) is 9.59 Å². The van der Waals surface area contributed by atoms with Crippen molar-refractivity contribution in [3.8, 4) is 0 Å². The Balaban J connectivity index is 1.79. The predicted molar refractivity (Wildman–Crippen MR) is 101 cm³/mol. The van der Waals surface area contributed by atoms with Crippen LogP contribution in [0.3, 0.4) is 0 Å². The van der Waals surface area contributed by atoms with Gasteiger partial charge in [-0.05, 0) is 11.4 Å². The Bertz CT molecular complexity index is 796. The number of rotatable bonds is 6. The molecular weight excluding hydrogens is 392 g/mol. The Morgan fingerprint density at radius 3 is 2.89 bits per heavy atom. The lowest BCUT2D eigenvalue weighted by molar-refractivity contribution is -0.141. The molecule has 2 aromatic heterocycles. The summed E-state index contributed by atoms with van der Waals surface area (Å²) in [6.07, 6.45) is 1.43. The van der Waals surface area contributed by atoms with E-state index >= 15 is 0 Å². The molecule has 3 heterocycles. The maximum atomic E-state index is 12.8. The van der Waals surface area contributed by atoms with E-state index in [9.17, 15) is 9.59 Å². The highest BCUT2D eigenvalue weighted by molar-refractivity contribution is 7.10. The monoisotopic (exact) mass is 410 g/mol. The predicted octanol–water partition coefficient (Wildman–Crippen LogP) is 2.06. The highest BCUT2D eigenvalue weighted by atomic mass is 35.5. The third-order valence-electron chi connectivity index (χ3n) is 4.03. The van der Waals surface area contributed by atoms with Gasteiger partial charge in [0.15, 0.2) is 5.69 Å². The zero-order valence-electron chi connectivity index (χ0n) is 14.7. The molecule has 0 spiro atoms. The second-order valence-electron chi connectivity index (χ2n) is 5.79. The van der Waals surface area contributed by atoms with Crippen LogP contribution in [0.4, 0.5) is 5.95 Å². The van der Waals surface area contributed by atoms with Crippen LogP contribution in [-0.4, -0.2) is 55.3 Å². The summed E-state index contributed by atoms with van der Waals surface area (Å²) in [6.45, 7) is 2.44. The van der Waals surface area contributed by atoms with Crippen molar-refractivity contribution in [2.24, 2.45) is 0 Å². The van der Waals surface area contributed by atoms with Gasteiger partial charge in [-0.2, -0.15) is 0 Å². The van der Waals surface area contributed by atoms with Gasteiger partial charge in [0, 0.05) is 18.0 Å². The Kier molecular flexibility index (Phi) is 6.59. The molecule has 1 atom stereocenters. The molecular formula is C17H19ClN4O4S. The van der Waals surface area contributed by atoms with E-state index in [1.165, 1.54) is 24.6 Å². The first-order chi connectivity index (χ1) is 13.1. The largest absolute Gasteiger partial charge is 0.469 e. The summed E-state index contributed by atoms with van der Waals surface area (Å²) < 4.78 is 10.1. The fourth-order valence-electron chi connectivity index (χ4n) is 2.62. The minimum absolute atomic E-state index is 0.0157. The van der Waals surface area contributed by atoms with Crippen LogP contribution in [0, 0.1) is 0 Å². The SMILES string of the molecule is COC(=O)CC(NC(=O)c1nc(N2CCOCC2)ncc1Cl)c1cccs1. The first kappa shape index (κ1) is 19.5. The molecule has 1 amide bonds. The van der Waals surface area contributed by atoms with Crippen molar-refractivity contribution < 1.29 is 19.1 Å². The first-order valence-corrected chi connectivity index (χ1v) is 9.60. The van der Waals surface area contributed by atoms with Crippen LogP contribution in [0.2, 0.25) is 5.02 Å². The molecule has 8 nitrogen and oxygen atoms in total. The second kappa shape index (κ2) is 9.12. The molecule has 144 valence electrons. The third kappa shape index (κ3) is 4.94. The van der Waals surface area contributed by atoms with E-state index < -0.39 is 17.9 Å². The average Bonchev–Trinajstić information content (AvgIpc) is 3.23. The fraction of sp³-hybridized carbons (Fsp3) is 0.412. The van der Waals surface area contributed by atoms with E-state index in [1.807, 2.05) is 22.4 Å². The minimum atomic E-state index is -0.525. The van der Waals surface area contributed by atoms with Crippen LogP contribution in [0.25, 0.3) is 0 Å². The lowest BCUT2D eigenvalue weighted by atomic mass is 10.1. The minimum Gasteiger partial charge on any atom is -0.469 e. The molecule has 27 heavy (non-hydrogen) atoms.